The largest absolute Gasteiger partial charge is 0.490 e. The fourth-order valence-corrected chi connectivity index (χ4v) is 4.26. The number of nitrogens with zero attached hydrogens (tertiary/aromatic N) is 2. The molecule has 1 N–H and O–H groups in total. The summed E-state index contributed by atoms with van der Waals surface area (Å²) in [5, 5.41) is 3.39. The summed E-state index contributed by atoms with van der Waals surface area (Å²) >= 11 is 0. The lowest BCUT2D eigenvalue weighted by atomic mass is 9.94. The van der Waals surface area contributed by atoms with Crippen molar-refractivity contribution in [3.63, 3.8) is 0 Å². The topological polar surface area (TPSA) is 63.6 Å². The van der Waals surface area contributed by atoms with E-state index in [1.54, 1.807) is 29.2 Å². The Labute approximate surface area is 172 Å². The molecule has 2 saturated heterocycles. The lowest BCUT2D eigenvalue weighted by Crippen LogP contribution is -2.47. The average molecular weight is 423 g/mol. The van der Waals surface area contributed by atoms with Crippen LogP contribution in [-0.2, 0) is 16.1 Å². The van der Waals surface area contributed by atoms with Gasteiger partial charge >= 0.3 is 6.18 Å². The number of aromatic nitrogens is 1. The van der Waals surface area contributed by atoms with E-state index < -0.39 is 12.7 Å². The summed E-state index contributed by atoms with van der Waals surface area (Å²) in [5.74, 6) is 0.249. The van der Waals surface area contributed by atoms with Gasteiger partial charge in [0.2, 0.25) is 11.8 Å². The summed E-state index contributed by atoms with van der Waals surface area (Å²) in [6, 6.07) is 6.74. The maximum Gasteiger partial charge on any atom is 0.406 e. The Morgan fingerprint density at radius 3 is 2.63 bits per heavy atom. The molecule has 9 heteroatoms. The number of carbonyl (C=O) groups is 2. The fraction of sp³-hybridized carbons (Fsp3) is 0.524. The number of alkyl halides is 3. The van der Waals surface area contributed by atoms with Crippen LogP contribution in [0.15, 0.2) is 30.5 Å². The number of likely N-dealkylation sites (tertiary alicyclic amines) is 1. The molecule has 1 aromatic heterocycles. The molecule has 2 aliphatic rings. The minimum Gasteiger partial charge on any atom is -0.490 e. The van der Waals surface area contributed by atoms with Crippen LogP contribution in [0.25, 0.3) is 10.9 Å². The van der Waals surface area contributed by atoms with Gasteiger partial charge in [0.05, 0.1) is 5.52 Å². The second-order valence-electron chi connectivity index (χ2n) is 7.93. The highest BCUT2D eigenvalue weighted by atomic mass is 19.4. The first-order valence-corrected chi connectivity index (χ1v) is 10.2. The predicted octanol–water partition coefficient (Wildman–Crippen LogP) is 3.10. The highest BCUT2D eigenvalue weighted by Gasteiger charge is 2.32. The Hall–Kier alpha value is -2.71. The summed E-state index contributed by atoms with van der Waals surface area (Å²) in [5.41, 5.74) is 0.480. The van der Waals surface area contributed by atoms with E-state index in [4.69, 9.17) is 4.74 Å². The van der Waals surface area contributed by atoms with Crippen LogP contribution in [0.5, 0.6) is 5.75 Å². The van der Waals surface area contributed by atoms with Crippen LogP contribution in [0.2, 0.25) is 0 Å². The number of halogens is 3. The Kier molecular flexibility index (Phi) is 5.62. The van der Waals surface area contributed by atoms with Crippen LogP contribution in [0.4, 0.5) is 13.2 Å². The molecule has 0 aliphatic carbocycles. The summed E-state index contributed by atoms with van der Waals surface area (Å²) in [6.07, 6.45) is -0.785. The molecule has 4 rings (SSSR count). The average Bonchev–Trinajstić information content (AvgIpc) is 3.10. The number of ether oxygens (including phenoxy) is 1. The molecule has 0 radical (unpaired) electrons. The molecule has 2 fully saturated rings. The zero-order chi connectivity index (χ0) is 21.3. The van der Waals surface area contributed by atoms with E-state index in [0.29, 0.717) is 55.5 Å². The van der Waals surface area contributed by atoms with Crippen LogP contribution >= 0.6 is 0 Å². The van der Waals surface area contributed by atoms with Gasteiger partial charge in [-0.05, 0) is 24.6 Å². The van der Waals surface area contributed by atoms with Crippen LogP contribution in [-0.4, -0.2) is 53.2 Å². The summed E-state index contributed by atoms with van der Waals surface area (Å²) in [6.45, 7) is 0.589. The molecule has 0 bridgehead atoms. The summed E-state index contributed by atoms with van der Waals surface area (Å²) < 4.78 is 45.6. The van der Waals surface area contributed by atoms with Gasteiger partial charge in [0.15, 0.2) is 0 Å². The van der Waals surface area contributed by atoms with Gasteiger partial charge in [0, 0.05) is 56.4 Å². The molecule has 2 aliphatic heterocycles. The second-order valence-corrected chi connectivity index (χ2v) is 7.93. The number of hydrogen-bond donors (Lipinski definition) is 1. The van der Waals surface area contributed by atoms with E-state index >= 15 is 0 Å². The number of nitrogens with one attached hydrogen (secondary N) is 1. The highest BCUT2D eigenvalue weighted by molar-refractivity contribution is 5.87. The van der Waals surface area contributed by atoms with Gasteiger partial charge in [0.1, 0.15) is 18.4 Å². The SMILES string of the molecule is O=C1CC(C(=O)N2CCC(Oc3cccc4c3ccn4CC(F)(F)F)CC2)CCN1. The minimum absolute atomic E-state index is 0.0228. The van der Waals surface area contributed by atoms with Gasteiger partial charge in [-0.2, -0.15) is 13.2 Å². The number of amides is 2. The van der Waals surface area contributed by atoms with E-state index in [1.807, 2.05) is 0 Å². The molecule has 0 saturated carbocycles. The Balaban J connectivity index is 1.38. The van der Waals surface area contributed by atoms with Crippen molar-refractivity contribution in [3.05, 3.63) is 30.5 Å². The van der Waals surface area contributed by atoms with Gasteiger partial charge < -0.3 is 19.5 Å². The van der Waals surface area contributed by atoms with Crippen LogP contribution in [0, 0.1) is 5.92 Å². The third kappa shape index (κ3) is 4.55. The van der Waals surface area contributed by atoms with Crippen molar-refractivity contribution < 1.29 is 27.5 Å². The molecule has 1 unspecified atom stereocenters. The maximum atomic E-state index is 12.8. The lowest BCUT2D eigenvalue weighted by molar-refractivity contribution is -0.141. The number of benzene rings is 1. The molecule has 2 amide bonds. The number of piperidine rings is 2. The molecule has 2 aromatic rings. The molecular formula is C21H24F3N3O3. The van der Waals surface area contributed by atoms with Gasteiger partial charge in [-0.3, -0.25) is 9.59 Å². The third-order valence-corrected chi connectivity index (χ3v) is 5.77. The Morgan fingerprint density at radius 1 is 1.17 bits per heavy atom. The number of hydrogen-bond acceptors (Lipinski definition) is 3. The van der Waals surface area contributed by atoms with E-state index in [9.17, 15) is 22.8 Å². The van der Waals surface area contributed by atoms with Crippen molar-refractivity contribution in [2.75, 3.05) is 19.6 Å². The Morgan fingerprint density at radius 2 is 1.93 bits per heavy atom. The predicted molar refractivity (Wildman–Crippen MR) is 104 cm³/mol. The normalized spacial score (nSPS) is 21.0. The van der Waals surface area contributed by atoms with Crippen molar-refractivity contribution in [3.8, 4) is 5.75 Å². The zero-order valence-corrected chi connectivity index (χ0v) is 16.5. The zero-order valence-electron chi connectivity index (χ0n) is 16.5. The quantitative estimate of drug-likeness (QED) is 0.822. The first kappa shape index (κ1) is 20.6. The molecule has 1 atom stereocenters. The third-order valence-electron chi connectivity index (χ3n) is 5.77. The van der Waals surface area contributed by atoms with Crippen molar-refractivity contribution in [2.45, 2.75) is 44.5 Å². The van der Waals surface area contributed by atoms with Gasteiger partial charge in [0.25, 0.3) is 0 Å². The van der Waals surface area contributed by atoms with E-state index in [0.717, 1.165) is 0 Å². The number of rotatable bonds is 4. The van der Waals surface area contributed by atoms with Crippen LogP contribution in [0.3, 0.4) is 0 Å². The van der Waals surface area contributed by atoms with E-state index in [2.05, 4.69) is 5.32 Å². The highest BCUT2D eigenvalue weighted by Crippen LogP contribution is 2.31. The van der Waals surface area contributed by atoms with Crippen LogP contribution in [0.1, 0.15) is 25.7 Å². The molecule has 30 heavy (non-hydrogen) atoms. The molecule has 0 spiro atoms. The molecule has 3 heterocycles. The monoisotopic (exact) mass is 423 g/mol. The Bertz CT molecular complexity index is 932. The number of carbonyl (C=O) groups excluding carboxylic acids is 2. The van der Waals surface area contributed by atoms with E-state index in [-0.39, 0.29) is 30.3 Å². The fourth-order valence-electron chi connectivity index (χ4n) is 4.26. The molecule has 1 aromatic carbocycles. The molecule has 6 nitrogen and oxygen atoms in total. The van der Waals surface area contributed by atoms with Crippen molar-refractivity contribution in [1.29, 1.82) is 0 Å². The minimum atomic E-state index is -4.29. The first-order chi connectivity index (χ1) is 14.3. The van der Waals surface area contributed by atoms with Gasteiger partial charge in [-0.1, -0.05) is 6.07 Å². The second kappa shape index (κ2) is 8.20. The lowest BCUT2D eigenvalue weighted by Gasteiger charge is -2.35. The smallest absolute Gasteiger partial charge is 0.406 e. The van der Waals surface area contributed by atoms with Crippen molar-refractivity contribution in [2.24, 2.45) is 5.92 Å². The van der Waals surface area contributed by atoms with Crippen molar-refractivity contribution >= 4 is 22.7 Å². The molecule has 162 valence electrons. The van der Waals surface area contributed by atoms with Gasteiger partial charge in [-0.15, -0.1) is 0 Å². The number of fused-ring (bicyclic) bond motifs is 1. The molecular weight excluding hydrogens is 399 g/mol. The first-order valence-electron chi connectivity index (χ1n) is 10.2. The van der Waals surface area contributed by atoms with Crippen molar-refractivity contribution in [1.82, 2.24) is 14.8 Å². The maximum absolute atomic E-state index is 12.8. The summed E-state index contributed by atoms with van der Waals surface area (Å²) in [7, 11) is 0. The van der Waals surface area contributed by atoms with Crippen LogP contribution < -0.4 is 10.1 Å². The van der Waals surface area contributed by atoms with E-state index in [1.165, 1.54) is 10.8 Å². The standard InChI is InChI=1S/C21H24F3N3O3/c22-21(23,24)13-27-11-7-16-17(27)2-1-3-18(16)30-15-5-9-26(10-6-15)20(29)14-4-8-25-19(28)12-14/h1-3,7,11,14-15H,4-6,8-10,12-13H2,(H,25,28). The van der Waals surface area contributed by atoms with Gasteiger partial charge in [-0.25, -0.2) is 0 Å². The summed E-state index contributed by atoms with van der Waals surface area (Å²) in [4.78, 5) is 26.0.